The molecule has 0 saturated carbocycles. The van der Waals surface area contributed by atoms with Gasteiger partial charge in [-0.3, -0.25) is 0 Å². The minimum Gasteiger partial charge on any atom is -0.341 e. The van der Waals surface area contributed by atoms with Gasteiger partial charge in [-0.25, -0.2) is 0 Å². The molecule has 2 aromatic carbocycles. The molecule has 0 fully saturated rings. The van der Waals surface area contributed by atoms with Gasteiger partial charge in [0.05, 0.1) is 0 Å². The van der Waals surface area contributed by atoms with Gasteiger partial charge in [-0.05, 0) is 54.7 Å². The summed E-state index contributed by atoms with van der Waals surface area (Å²) in [4.78, 5) is 2.45. The van der Waals surface area contributed by atoms with Gasteiger partial charge in [0.2, 0.25) is 0 Å². The first-order chi connectivity index (χ1) is 9.29. The molecule has 0 radical (unpaired) electrons. The van der Waals surface area contributed by atoms with Crippen molar-refractivity contribution in [2.45, 2.75) is 25.1 Å². The lowest BCUT2D eigenvalue weighted by atomic mass is 10.0. The van der Waals surface area contributed by atoms with Crippen molar-refractivity contribution in [1.82, 2.24) is 0 Å². The Hall–Kier alpha value is -1.28. The molecule has 3 rings (SSSR count). The minimum atomic E-state index is 0.926. The van der Waals surface area contributed by atoms with E-state index in [4.69, 9.17) is 0 Å². The van der Waals surface area contributed by atoms with E-state index in [9.17, 15) is 0 Å². The van der Waals surface area contributed by atoms with E-state index < -0.39 is 0 Å². The third-order valence-electron chi connectivity index (χ3n) is 3.89. The molecule has 2 aromatic rings. The zero-order valence-electron chi connectivity index (χ0n) is 11.2. The molecule has 0 unspecified atom stereocenters. The molecule has 0 saturated heterocycles. The first-order valence-electron chi connectivity index (χ1n) is 6.80. The second kappa shape index (κ2) is 5.38. The molecule has 2 heteroatoms. The molecular weight excluding hydrogens is 298 g/mol. The van der Waals surface area contributed by atoms with Gasteiger partial charge in [0.25, 0.3) is 0 Å². The van der Waals surface area contributed by atoms with E-state index in [1.807, 2.05) is 0 Å². The maximum Gasteiger partial charge on any atom is 0.0443 e. The standard InChI is InChI=1S/C17H18BrN/c1-13-11-16(9-8-15(13)12-18)19-10-4-6-14-5-2-3-7-17(14)19/h2-3,5,7-9,11H,4,6,10,12H2,1H3. The SMILES string of the molecule is Cc1cc(N2CCCc3ccccc32)ccc1CBr. The van der Waals surface area contributed by atoms with Gasteiger partial charge in [-0.15, -0.1) is 0 Å². The van der Waals surface area contributed by atoms with Gasteiger partial charge in [0.15, 0.2) is 0 Å². The summed E-state index contributed by atoms with van der Waals surface area (Å²) in [7, 11) is 0. The van der Waals surface area contributed by atoms with Gasteiger partial charge in [-0.1, -0.05) is 40.2 Å². The molecule has 1 nitrogen and oxygen atoms in total. The number of rotatable bonds is 2. The normalized spacial score (nSPS) is 14.3. The van der Waals surface area contributed by atoms with Gasteiger partial charge < -0.3 is 4.90 Å². The molecule has 0 atom stereocenters. The predicted molar refractivity (Wildman–Crippen MR) is 85.6 cm³/mol. The minimum absolute atomic E-state index is 0.926. The van der Waals surface area contributed by atoms with Crippen molar-refractivity contribution in [3.63, 3.8) is 0 Å². The Morgan fingerprint density at radius 2 is 2.00 bits per heavy atom. The van der Waals surface area contributed by atoms with Crippen molar-refractivity contribution >= 4 is 27.3 Å². The van der Waals surface area contributed by atoms with Crippen LogP contribution in [-0.2, 0) is 11.8 Å². The van der Waals surface area contributed by atoms with Crippen LogP contribution in [-0.4, -0.2) is 6.54 Å². The fourth-order valence-corrected chi connectivity index (χ4v) is 3.43. The fraction of sp³-hybridized carbons (Fsp3) is 0.294. The van der Waals surface area contributed by atoms with Crippen LogP contribution >= 0.6 is 15.9 Å². The summed E-state index contributed by atoms with van der Waals surface area (Å²) in [5.74, 6) is 0. The molecular formula is C17H18BrN. The highest BCUT2D eigenvalue weighted by atomic mass is 79.9. The Kier molecular flexibility index (Phi) is 3.61. The van der Waals surface area contributed by atoms with E-state index >= 15 is 0 Å². The van der Waals surface area contributed by atoms with E-state index in [0.717, 1.165) is 11.9 Å². The van der Waals surface area contributed by atoms with Crippen molar-refractivity contribution in [2.75, 3.05) is 11.4 Å². The molecule has 1 heterocycles. The maximum atomic E-state index is 3.54. The first kappa shape index (κ1) is 12.7. The van der Waals surface area contributed by atoms with Crippen LogP contribution in [0.1, 0.15) is 23.1 Å². The van der Waals surface area contributed by atoms with E-state index in [1.165, 1.54) is 40.9 Å². The number of hydrogen-bond acceptors (Lipinski definition) is 1. The molecule has 1 aliphatic heterocycles. The number of benzene rings is 2. The summed E-state index contributed by atoms with van der Waals surface area (Å²) < 4.78 is 0. The Morgan fingerprint density at radius 3 is 2.79 bits per heavy atom. The molecule has 0 N–H and O–H groups in total. The first-order valence-corrected chi connectivity index (χ1v) is 7.92. The predicted octanol–water partition coefficient (Wildman–Crippen LogP) is 4.97. The molecule has 0 aromatic heterocycles. The van der Waals surface area contributed by atoms with Crippen molar-refractivity contribution in [3.05, 3.63) is 59.2 Å². The summed E-state index contributed by atoms with van der Waals surface area (Å²) in [6.07, 6.45) is 2.43. The number of nitrogens with zero attached hydrogens (tertiary/aromatic N) is 1. The summed E-state index contributed by atoms with van der Waals surface area (Å²) >= 11 is 3.54. The second-order valence-corrected chi connectivity index (χ2v) is 5.69. The molecule has 0 amide bonds. The largest absolute Gasteiger partial charge is 0.341 e. The Bertz CT molecular complexity index is 592. The average Bonchev–Trinajstić information content (AvgIpc) is 2.46. The highest BCUT2D eigenvalue weighted by molar-refractivity contribution is 9.08. The van der Waals surface area contributed by atoms with E-state index in [-0.39, 0.29) is 0 Å². The number of fused-ring (bicyclic) bond motifs is 1. The van der Waals surface area contributed by atoms with Crippen molar-refractivity contribution in [1.29, 1.82) is 0 Å². The van der Waals surface area contributed by atoms with Gasteiger partial charge in [0.1, 0.15) is 0 Å². The van der Waals surface area contributed by atoms with Gasteiger partial charge >= 0.3 is 0 Å². The Morgan fingerprint density at radius 1 is 1.16 bits per heavy atom. The van der Waals surface area contributed by atoms with Gasteiger partial charge in [0, 0.05) is 23.2 Å². The number of hydrogen-bond donors (Lipinski definition) is 0. The van der Waals surface area contributed by atoms with Crippen molar-refractivity contribution in [3.8, 4) is 0 Å². The van der Waals surface area contributed by atoms with E-state index in [1.54, 1.807) is 0 Å². The molecule has 1 aliphatic rings. The third-order valence-corrected chi connectivity index (χ3v) is 4.50. The Balaban J connectivity index is 2.02. The summed E-state index contributed by atoms with van der Waals surface area (Å²) in [5, 5.41) is 0.926. The zero-order chi connectivity index (χ0) is 13.2. The van der Waals surface area contributed by atoms with E-state index in [2.05, 4.69) is 70.2 Å². The maximum absolute atomic E-state index is 3.54. The number of aryl methyl sites for hydroxylation is 2. The van der Waals surface area contributed by atoms with Crippen LogP contribution in [0.2, 0.25) is 0 Å². The summed E-state index contributed by atoms with van der Waals surface area (Å²) in [6, 6.07) is 15.5. The summed E-state index contributed by atoms with van der Waals surface area (Å²) in [5.41, 5.74) is 6.89. The van der Waals surface area contributed by atoms with Crippen LogP contribution in [0.15, 0.2) is 42.5 Å². The number of anilines is 2. The van der Waals surface area contributed by atoms with Crippen LogP contribution in [0, 0.1) is 6.92 Å². The molecule has 0 bridgehead atoms. The molecule has 0 spiro atoms. The summed E-state index contributed by atoms with van der Waals surface area (Å²) in [6.45, 7) is 3.31. The van der Waals surface area contributed by atoms with Crippen LogP contribution < -0.4 is 4.90 Å². The second-order valence-electron chi connectivity index (χ2n) is 5.13. The zero-order valence-corrected chi connectivity index (χ0v) is 12.8. The topological polar surface area (TPSA) is 3.24 Å². The van der Waals surface area contributed by atoms with Crippen LogP contribution in [0.4, 0.5) is 11.4 Å². The van der Waals surface area contributed by atoms with Gasteiger partial charge in [-0.2, -0.15) is 0 Å². The average molecular weight is 316 g/mol. The van der Waals surface area contributed by atoms with E-state index in [0.29, 0.717) is 0 Å². The molecule has 98 valence electrons. The number of alkyl halides is 1. The van der Waals surface area contributed by atoms with Crippen LogP contribution in [0.3, 0.4) is 0 Å². The van der Waals surface area contributed by atoms with Crippen molar-refractivity contribution in [2.24, 2.45) is 0 Å². The lowest BCUT2D eigenvalue weighted by Gasteiger charge is -2.31. The number of para-hydroxylation sites is 1. The Labute approximate surface area is 123 Å². The monoisotopic (exact) mass is 315 g/mol. The van der Waals surface area contributed by atoms with Crippen LogP contribution in [0.25, 0.3) is 0 Å². The lowest BCUT2D eigenvalue weighted by molar-refractivity contribution is 0.766. The third kappa shape index (κ3) is 2.42. The molecule has 0 aliphatic carbocycles. The highest BCUT2D eigenvalue weighted by Gasteiger charge is 2.17. The number of halogens is 1. The highest BCUT2D eigenvalue weighted by Crippen LogP contribution is 2.34. The smallest absolute Gasteiger partial charge is 0.0443 e. The van der Waals surface area contributed by atoms with Crippen molar-refractivity contribution < 1.29 is 0 Å². The quantitative estimate of drug-likeness (QED) is 0.707. The lowest BCUT2D eigenvalue weighted by Crippen LogP contribution is -2.24. The molecule has 19 heavy (non-hydrogen) atoms. The van der Waals surface area contributed by atoms with Crippen LogP contribution in [0.5, 0.6) is 0 Å². The fourth-order valence-electron chi connectivity index (χ4n) is 2.80.